The van der Waals surface area contributed by atoms with Crippen LogP contribution in [-0.4, -0.2) is 35.3 Å². The molecule has 2 aliphatic heterocycles. The van der Waals surface area contributed by atoms with Gasteiger partial charge in [0.25, 0.3) is 0 Å². The third-order valence-corrected chi connectivity index (χ3v) is 3.09. The van der Waals surface area contributed by atoms with Crippen LogP contribution in [0.1, 0.15) is 12.8 Å². The maximum atomic E-state index is 13.6. The Morgan fingerprint density at radius 1 is 1.38 bits per heavy atom. The van der Waals surface area contributed by atoms with Crippen molar-refractivity contribution in [3.63, 3.8) is 0 Å². The summed E-state index contributed by atoms with van der Waals surface area (Å²) in [4.78, 5) is 9.48. The minimum Gasteiger partial charge on any atom is -0.371 e. The molecule has 2 N–H and O–H groups in total. The number of hydrogen-bond donors (Lipinski definition) is 1. The van der Waals surface area contributed by atoms with Crippen LogP contribution in [0.25, 0.3) is 0 Å². The van der Waals surface area contributed by atoms with Crippen LogP contribution in [0.3, 0.4) is 0 Å². The Bertz CT molecular complexity index is 402. The smallest absolute Gasteiger partial charge is 0.222 e. The van der Waals surface area contributed by atoms with Gasteiger partial charge in [-0.15, -0.1) is 0 Å². The molecule has 2 aliphatic rings. The van der Waals surface area contributed by atoms with Crippen molar-refractivity contribution in [2.45, 2.75) is 25.0 Å². The zero-order valence-corrected chi connectivity index (χ0v) is 8.77. The standard InChI is InChI=1S/C10H13FN4O/c11-8-3-13-10(12)14-9(8)15-4-6-1-2-7(5-15)16-6/h3,6-7H,1-2,4-5H2,(H2,12,13,14). The number of ether oxygens (including phenoxy) is 1. The molecule has 0 amide bonds. The minimum atomic E-state index is -0.421. The maximum absolute atomic E-state index is 13.6. The van der Waals surface area contributed by atoms with Crippen LogP contribution >= 0.6 is 0 Å². The molecule has 1 aromatic heterocycles. The Morgan fingerprint density at radius 2 is 2.06 bits per heavy atom. The SMILES string of the molecule is Nc1ncc(F)c(N2CC3CCC(C2)O3)n1. The van der Waals surface area contributed by atoms with Crippen molar-refractivity contribution in [3.05, 3.63) is 12.0 Å². The molecular weight excluding hydrogens is 211 g/mol. The van der Waals surface area contributed by atoms with Crippen LogP contribution in [0.15, 0.2) is 6.20 Å². The van der Waals surface area contributed by atoms with Crippen LogP contribution in [0.5, 0.6) is 0 Å². The van der Waals surface area contributed by atoms with Crippen molar-refractivity contribution < 1.29 is 9.13 Å². The molecule has 0 saturated carbocycles. The number of anilines is 2. The number of rotatable bonds is 1. The quantitative estimate of drug-likeness (QED) is 0.755. The second-order valence-electron chi connectivity index (χ2n) is 4.26. The van der Waals surface area contributed by atoms with Crippen molar-refractivity contribution in [2.24, 2.45) is 0 Å². The first-order valence-electron chi connectivity index (χ1n) is 5.41. The lowest BCUT2D eigenvalue weighted by atomic mass is 10.2. The molecule has 86 valence electrons. The summed E-state index contributed by atoms with van der Waals surface area (Å²) in [7, 11) is 0. The van der Waals surface area contributed by atoms with E-state index in [9.17, 15) is 4.39 Å². The normalized spacial score (nSPS) is 28.4. The predicted molar refractivity (Wildman–Crippen MR) is 56.5 cm³/mol. The van der Waals surface area contributed by atoms with Gasteiger partial charge in [-0.25, -0.2) is 9.37 Å². The highest BCUT2D eigenvalue weighted by Crippen LogP contribution is 2.29. The first-order valence-corrected chi connectivity index (χ1v) is 5.41. The molecular formula is C10H13FN4O. The molecule has 2 fully saturated rings. The fourth-order valence-electron chi connectivity index (χ4n) is 2.38. The summed E-state index contributed by atoms with van der Waals surface area (Å²) in [5.74, 6) is -0.0153. The van der Waals surface area contributed by atoms with Gasteiger partial charge in [-0.3, -0.25) is 0 Å². The molecule has 6 heteroatoms. The molecule has 3 heterocycles. The Balaban J connectivity index is 1.89. The van der Waals surface area contributed by atoms with Crippen LogP contribution in [-0.2, 0) is 4.74 Å². The first-order chi connectivity index (χ1) is 7.72. The van der Waals surface area contributed by atoms with E-state index < -0.39 is 5.82 Å². The summed E-state index contributed by atoms with van der Waals surface area (Å²) in [5, 5.41) is 0. The van der Waals surface area contributed by atoms with E-state index in [1.807, 2.05) is 4.90 Å². The molecule has 0 aromatic carbocycles. The predicted octanol–water partition coefficient (Wildman–Crippen LogP) is 0.565. The largest absolute Gasteiger partial charge is 0.371 e. The number of nitrogens with zero attached hydrogens (tertiary/aromatic N) is 3. The topological polar surface area (TPSA) is 64.3 Å². The van der Waals surface area contributed by atoms with Crippen molar-refractivity contribution in [1.29, 1.82) is 0 Å². The molecule has 1 aromatic rings. The van der Waals surface area contributed by atoms with E-state index in [1.54, 1.807) is 0 Å². The average Bonchev–Trinajstić information content (AvgIpc) is 2.61. The van der Waals surface area contributed by atoms with E-state index >= 15 is 0 Å². The van der Waals surface area contributed by atoms with Crippen molar-refractivity contribution >= 4 is 11.8 Å². The molecule has 5 nitrogen and oxygen atoms in total. The molecule has 16 heavy (non-hydrogen) atoms. The average molecular weight is 224 g/mol. The lowest BCUT2D eigenvalue weighted by Crippen LogP contribution is -2.43. The number of morpholine rings is 1. The summed E-state index contributed by atoms with van der Waals surface area (Å²) < 4.78 is 19.2. The van der Waals surface area contributed by atoms with Gasteiger partial charge in [0.15, 0.2) is 11.6 Å². The van der Waals surface area contributed by atoms with Gasteiger partial charge in [-0.2, -0.15) is 4.98 Å². The molecule has 2 atom stereocenters. The summed E-state index contributed by atoms with van der Waals surface area (Å²) in [6, 6.07) is 0. The van der Waals surface area contributed by atoms with Gasteiger partial charge in [0.1, 0.15) is 0 Å². The number of aromatic nitrogens is 2. The maximum Gasteiger partial charge on any atom is 0.222 e. The van der Waals surface area contributed by atoms with Crippen molar-refractivity contribution in [3.8, 4) is 0 Å². The fraction of sp³-hybridized carbons (Fsp3) is 0.600. The number of hydrogen-bond acceptors (Lipinski definition) is 5. The molecule has 2 saturated heterocycles. The monoisotopic (exact) mass is 224 g/mol. The summed E-state index contributed by atoms with van der Waals surface area (Å²) >= 11 is 0. The van der Waals surface area contributed by atoms with Crippen LogP contribution in [0.2, 0.25) is 0 Å². The molecule has 2 unspecified atom stereocenters. The highest BCUT2D eigenvalue weighted by molar-refractivity contribution is 5.43. The Kier molecular flexibility index (Phi) is 2.17. The third-order valence-electron chi connectivity index (χ3n) is 3.09. The molecule has 3 rings (SSSR count). The summed E-state index contributed by atoms with van der Waals surface area (Å²) in [5.41, 5.74) is 5.47. The highest BCUT2D eigenvalue weighted by atomic mass is 19.1. The van der Waals surface area contributed by atoms with Gasteiger partial charge >= 0.3 is 0 Å². The minimum absolute atomic E-state index is 0.107. The van der Waals surface area contributed by atoms with Gasteiger partial charge in [0.2, 0.25) is 5.95 Å². The molecule has 0 radical (unpaired) electrons. The second kappa shape index (κ2) is 3.55. The molecule has 0 spiro atoms. The van der Waals surface area contributed by atoms with Crippen molar-refractivity contribution in [2.75, 3.05) is 23.7 Å². The number of halogens is 1. The van der Waals surface area contributed by atoms with Gasteiger partial charge in [-0.05, 0) is 12.8 Å². The van der Waals surface area contributed by atoms with Crippen LogP contribution in [0, 0.1) is 5.82 Å². The first kappa shape index (κ1) is 9.77. The van der Waals surface area contributed by atoms with Crippen LogP contribution in [0.4, 0.5) is 16.2 Å². The van der Waals surface area contributed by atoms with E-state index in [1.165, 1.54) is 0 Å². The van der Waals surface area contributed by atoms with E-state index in [2.05, 4.69) is 9.97 Å². The van der Waals surface area contributed by atoms with E-state index in [0.717, 1.165) is 19.0 Å². The lowest BCUT2D eigenvalue weighted by molar-refractivity contribution is 0.0300. The van der Waals surface area contributed by atoms with Gasteiger partial charge in [-0.1, -0.05) is 0 Å². The van der Waals surface area contributed by atoms with E-state index in [0.29, 0.717) is 18.9 Å². The molecule has 2 bridgehead atoms. The Morgan fingerprint density at radius 3 is 2.75 bits per heavy atom. The Hall–Kier alpha value is -1.43. The van der Waals surface area contributed by atoms with Crippen LogP contribution < -0.4 is 10.6 Å². The van der Waals surface area contributed by atoms with Gasteiger partial charge in [0.05, 0.1) is 18.4 Å². The lowest BCUT2D eigenvalue weighted by Gasteiger charge is -2.32. The third kappa shape index (κ3) is 1.59. The summed E-state index contributed by atoms with van der Waals surface area (Å²) in [6.45, 7) is 1.37. The second-order valence-corrected chi connectivity index (χ2v) is 4.26. The number of nitrogen functional groups attached to an aromatic ring is 1. The van der Waals surface area contributed by atoms with Crippen molar-refractivity contribution in [1.82, 2.24) is 9.97 Å². The zero-order chi connectivity index (χ0) is 11.1. The number of fused-ring (bicyclic) bond motifs is 2. The van der Waals surface area contributed by atoms with E-state index in [-0.39, 0.29) is 18.2 Å². The number of nitrogens with two attached hydrogens (primary N) is 1. The fourth-order valence-corrected chi connectivity index (χ4v) is 2.38. The van der Waals surface area contributed by atoms with E-state index in [4.69, 9.17) is 10.5 Å². The zero-order valence-electron chi connectivity index (χ0n) is 8.77. The summed E-state index contributed by atoms with van der Waals surface area (Å²) in [6.07, 6.45) is 3.62. The highest BCUT2D eigenvalue weighted by Gasteiger charge is 2.35. The Labute approximate surface area is 92.4 Å². The van der Waals surface area contributed by atoms with Gasteiger partial charge in [0, 0.05) is 13.1 Å². The molecule has 0 aliphatic carbocycles. The van der Waals surface area contributed by atoms with Gasteiger partial charge < -0.3 is 15.4 Å².